The number of nitrogens with zero attached hydrogens (tertiary/aromatic N) is 1. The van der Waals surface area contributed by atoms with Gasteiger partial charge in [-0.05, 0) is 59.7 Å². The minimum absolute atomic E-state index is 0.256. The Kier molecular flexibility index (Phi) is 4.13. The summed E-state index contributed by atoms with van der Waals surface area (Å²) in [6, 6.07) is 19.7. The summed E-state index contributed by atoms with van der Waals surface area (Å²) < 4.78 is 0. The number of aryl methyl sites for hydroxylation is 2. The van der Waals surface area contributed by atoms with Crippen molar-refractivity contribution in [2.24, 2.45) is 0 Å². The van der Waals surface area contributed by atoms with Gasteiger partial charge in [-0.1, -0.05) is 60.2 Å². The number of thioether (sulfide) groups is 1. The normalized spacial score (nSPS) is 16.1. The van der Waals surface area contributed by atoms with Crippen LogP contribution in [0.3, 0.4) is 0 Å². The third kappa shape index (κ3) is 2.82. The van der Waals surface area contributed by atoms with E-state index in [0.29, 0.717) is 10.6 Å². The van der Waals surface area contributed by atoms with Crippen LogP contribution in [0.15, 0.2) is 65.6 Å². The largest absolute Gasteiger partial charge is 0.298 e. The van der Waals surface area contributed by atoms with Crippen molar-refractivity contribution in [3.05, 3.63) is 82.3 Å². The van der Waals surface area contributed by atoms with Crippen LogP contribution >= 0.6 is 11.8 Å². The molecule has 1 aliphatic heterocycles. The van der Waals surface area contributed by atoms with E-state index in [-0.39, 0.29) is 11.1 Å². The van der Waals surface area contributed by atoms with Gasteiger partial charge in [0.05, 0.1) is 10.6 Å². The van der Waals surface area contributed by atoms with Crippen LogP contribution < -0.4 is 4.90 Å². The van der Waals surface area contributed by atoms with Gasteiger partial charge in [0.2, 0.25) is 0 Å². The highest BCUT2D eigenvalue weighted by Gasteiger charge is 2.37. The van der Waals surface area contributed by atoms with Crippen LogP contribution in [-0.2, 0) is 4.79 Å². The lowest BCUT2D eigenvalue weighted by atomic mass is 10.0. The number of imide groups is 1. The number of fused-ring (bicyclic) bond motifs is 1. The molecule has 0 spiro atoms. The highest BCUT2D eigenvalue weighted by Crippen LogP contribution is 2.37. The average molecular weight is 359 g/mol. The summed E-state index contributed by atoms with van der Waals surface area (Å²) in [4.78, 5) is 27.1. The smallest absolute Gasteiger partial charge is 0.268 e. The zero-order chi connectivity index (χ0) is 18.3. The van der Waals surface area contributed by atoms with E-state index in [1.165, 1.54) is 4.90 Å². The Morgan fingerprint density at radius 1 is 0.923 bits per heavy atom. The maximum Gasteiger partial charge on any atom is 0.298 e. The molecule has 0 aliphatic carbocycles. The Labute approximate surface area is 156 Å². The van der Waals surface area contributed by atoms with Gasteiger partial charge < -0.3 is 0 Å². The molecule has 0 radical (unpaired) electrons. The summed E-state index contributed by atoms with van der Waals surface area (Å²) >= 11 is 0.991. The summed E-state index contributed by atoms with van der Waals surface area (Å²) in [5.74, 6) is -0.264. The second kappa shape index (κ2) is 6.46. The molecule has 1 aliphatic rings. The first kappa shape index (κ1) is 16.6. The number of benzene rings is 3. The fourth-order valence-electron chi connectivity index (χ4n) is 3.25. The van der Waals surface area contributed by atoms with Crippen molar-refractivity contribution in [3.63, 3.8) is 0 Å². The minimum atomic E-state index is -0.264. The minimum Gasteiger partial charge on any atom is -0.268 e. The van der Waals surface area contributed by atoms with Gasteiger partial charge in [-0.3, -0.25) is 9.59 Å². The Morgan fingerprint density at radius 3 is 2.50 bits per heavy atom. The molecule has 0 unspecified atom stereocenters. The fraction of sp³-hybridized carbons (Fsp3) is 0.0909. The van der Waals surface area contributed by atoms with E-state index < -0.39 is 0 Å². The summed E-state index contributed by atoms with van der Waals surface area (Å²) in [5.41, 5.74) is 3.61. The standard InChI is InChI=1S/C22H17NO2S/c1-14-10-11-19(15(2)12-14)23-21(24)20(26-22(23)25)13-17-8-5-7-16-6-3-4-9-18(16)17/h3-13H,1-2H3/b20-13-. The van der Waals surface area contributed by atoms with Gasteiger partial charge in [-0.25, -0.2) is 4.90 Å². The summed E-state index contributed by atoms with van der Waals surface area (Å²) in [6.07, 6.45) is 1.82. The lowest BCUT2D eigenvalue weighted by Gasteiger charge is -2.15. The zero-order valence-corrected chi connectivity index (χ0v) is 15.3. The molecule has 0 aromatic heterocycles. The lowest BCUT2D eigenvalue weighted by Crippen LogP contribution is -2.28. The molecule has 4 rings (SSSR count). The van der Waals surface area contributed by atoms with Gasteiger partial charge in [0.15, 0.2) is 0 Å². The predicted molar refractivity (Wildman–Crippen MR) is 108 cm³/mol. The zero-order valence-electron chi connectivity index (χ0n) is 14.5. The lowest BCUT2D eigenvalue weighted by molar-refractivity contribution is -0.113. The van der Waals surface area contributed by atoms with E-state index in [9.17, 15) is 9.59 Å². The van der Waals surface area contributed by atoms with Crippen LogP contribution in [0.1, 0.15) is 16.7 Å². The topological polar surface area (TPSA) is 37.4 Å². The molecule has 0 bridgehead atoms. The molecule has 26 heavy (non-hydrogen) atoms. The number of rotatable bonds is 2. The van der Waals surface area contributed by atoms with Gasteiger partial charge in [0, 0.05) is 0 Å². The van der Waals surface area contributed by atoms with E-state index in [1.807, 2.05) is 80.6 Å². The van der Waals surface area contributed by atoms with Crippen LogP contribution in [0.4, 0.5) is 10.5 Å². The Balaban J connectivity index is 1.76. The molecular weight excluding hydrogens is 342 g/mol. The van der Waals surface area contributed by atoms with Gasteiger partial charge in [-0.15, -0.1) is 0 Å². The second-order valence-corrected chi connectivity index (χ2v) is 7.37. The Morgan fingerprint density at radius 2 is 1.69 bits per heavy atom. The number of carbonyl (C=O) groups is 2. The summed E-state index contributed by atoms with van der Waals surface area (Å²) in [7, 11) is 0. The quantitative estimate of drug-likeness (QED) is 0.551. The third-order valence-electron chi connectivity index (χ3n) is 4.50. The molecule has 0 atom stereocenters. The highest BCUT2D eigenvalue weighted by atomic mass is 32.2. The van der Waals surface area contributed by atoms with E-state index >= 15 is 0 Å². The van der Waals surface area contributed by atoms with Crippen molar-refractivity contribution in [1.82, 2.24) is 0 Å². The van der Waals surface area contributed by atoms with Gasteiger partial charge in [-0.2, -0.15) is 0 Å². The van der Waals surface area contributed by atoms with E-state index in [1.54, 1.807) is 0 Å². The predicted octanol–water partition coefficient (Wildman–Crippen LogP) is 5.70. The number of amides is 2. The van der Waals surface area contributed by atoms with E-state index in [4.69, 9.17) is 0 Å². The monoisotopic (exact) mass is 359 g/mol. The summed E-state index contributed by atoms with van der Waals surface area (Å²) in [5, 5.41) is 1.91. The second-order valence-electron chi connectivity index (χ2n) is 6.38. The van der Waals surface area contributed by atoms with Crippen LogP contribution in [0, 0.1) is 13.8 Å². The fourth-order valence-corrected chi connectivity index (χ4v) is 4.07. The highest BCUT2D eigenvalue weighted by molar-refractivity contribution is 8.19. The van der Waals surface area contributed by atoms with Crippen molar-refractivity contribution in [1.29, 1.82) is 0 Å². The molecule has 3 aromatic rings. The van der Waals surface area contributed by atoms with Crippen molar-refractivity contribution < 1.29 is 9.59 Å². The van der Waals surface area contributed by atoms with Gasteiger partial charge >= 0.3 is 0 Å². The average Bonchev–Trinajstić information content (AvgIpc) is 2.89. The molecular formula is C22H17NO2S. The van der Waals surface area contributed by atoms with E-state index in [0.717, 1.165) is 39.2 Å². The number of hydrogen-bond acceptors (Lipinski definition) is 3. The molecule has 2 amide bonds. The molecule has 1 saturated heterocycles. The first-order valence-corrected chi connectivity index (χ1v) is 9.19. The van der Waals surface area contributed by atoms with Crippen LogP contribution in [0.25, 0.3) is 16.8 Å². The molecule has 3 nitrogen and oxygen atoms in total. The van der Waals surface area contributed by atoms with Crippen molar-refractivity contribution >= 4 is 45.4 Å². The molecule has 3 aromatic carbocycles. The number of anilines is 1. The SMILES string of the molecule is Cc1ccc(N2C(=O)S/C(=C\c3cccc4ccccc34)C2=O)c(C)c1. The first-order chi connectivity index (χ1) is 12.5. The molecule has 128 valence electrons. The Bertz CT molecular complexity index is 1080. The molecule has 1 fully saturated rings. The molecule has 0 saturated carbocycles. The van der Waals surface area contributed by atoms with Crippen LogP contribution in [0.5, 0.6) is 0 Å². The maximum atomic E-state index is 12.9. The van der Waals surface area contributed by atoms with Crippen molar-refractivity contribution in [2.45, 2.75) is 13.8 Å². The van der Waals surface area contributed by atoms with E-state index in [2.05, 4.69) is 0 Å². The number of carbonyl (C=O) groups excluding carboxylic acids is 2. The third-order valence-corrected chi connectivity index (χ3v) is 5.37. The van der Waals surface area contributed by atoms with Crippen LogP contribution in [-0.4, -0.2) is 11.1 Å². The maximum absolute atomic E-state index is 12.9. The number of hydrogen-bond donors (Lipinski definition) is 0. The van der Waals surface area contributed by atoms with Crippen LogP contribution in [0.2, 0.25) is 0 Å². The Hall–Kier alpha value is -2.85. The summed E-state index contributed by atoms with van der Waals surface area (Å²) in [6.45, 7) is 3.91. The molecule has 1 heterocycles. The van der Waals surface area contributed by atoms with Gasteiger partial charge in [0.1, 0.15) is 0 Å². The van der Waals surface area contributed by atoms with Crippen molar-refractivity contribution in [3.8, 4) is 0 Å². The van der Waals surface area contributed by atoms with Gasteiger partial charge in [0.25, 0.3) is 11.1 Å². The molecule has 4 heteroatoms. The molecule has 0 N–H and O–H groups in total. The van der Waals surface area contributed by atoms with Crippen molar-refractivity contribution in [2.75, 3.05) is 4.90 Å². The first-order valence-electron chi connectivity index (χ1n) is 8.37.